The van der Waals surface area contributed by atoms with Crippen LogP contribution in [-0.2, 0) is 0 Å². The smallest absolute Gasteiger partial charge is 0.0117 e. The predicted octanol–water partition coefficient (Wildman–Crippen LogP) is 8.69. The molecular weight excluding hydrogens is 288 g/mol. The zero-order chi connectivity index (χ0) is 17.7. The monoisotopic (exact) mass is 334 g/mol. The summed E-state index contributed by atoms with van der Waals surface area (Å²) >= 11 is 0. The number of hydrogen-bond acceptors (Lipinski definition) is 0. The summed E-state index contributed by atoms with van der Waals surface area (Å²) in [6, 6.07) is 0. The molecule has 0 aliphatic heterocycles. The lowest BCUT2D eigenvalue weighted by molar-refractivity contribution is 0.439. The summed E-state index contributed by atoms with van der Waals surface area (Å²) in [4.78, 5) is 0. The van der Waals surface area contributed by atoms with Gasteiger partial charge in [0.05, 0.1) is 0 Å². The van der Waals surface area contributed by atoms with E-state index in [2.05, 4.69) is 32.6 Å². The minimum Gasteiger partial charge on any atom is -0.103 e. The highest BCUT2D eigenvalue weighted by atomic mass is 14.1. The lowest BCUT2D eigenvalue weighted by Gasteiger charge is -2.11. The van der Waals surface area contributed by atoms with Gasteiger partial charge in [-0.25, -0.2) is 0 Å². The van der Waals surface area contributed by atoms with Crippen LogP contribution in [0.4, 0.5) is 0 Å². The van der Waals surface area contributed by atoms with E-state index in [0.717, 1.165) is 18.8 Å². The molecule has 1 atom stereocenters. The van der Waals surface area contributed by atoms with Crippen molar-refractivity contribution in [3.63, 3.8) is 0 Å². The molecule has 0 aromatic carbocycles. The van der Waals surface area contributed by atoms with E-state index in [1.54, 1.807) is 0 Å². The van der Waals surface area contributed by atoms with E-state index in [-0.39, 0.29) is 0 Å². The van der Waals surface area contributed by atoms with Gasteiger partial charge in [-0.15, -0.1) is 11.8 Å². The minimum absolute atomic E-state index is 0.861. The molecule has 0 aromatic heterocycles. The highest BCUT2D eigenvalue weighted by Gasteiger charge is 2.04. The van der Waals surface area contributed by atoms with Crippen LogP contribution in [0.3, 0.4) is 0 Å². The van der Waals surface area contributed by atoms with E-state index < -0.39 is 0 Å². The minimum atomic E-state index is 0.861. The maximum atomic E-state index is 3.46. The molecule has 0 radical (unpaired) electrons. The Bertz CT molecular complexity index is 280. The van der Waals surface area contributed by atoms with Gasteiger partial charge >= 0.3 is 0 Å². The zero-order valence-electron chi connectivity index (χ0n) is 17.3. The van der Waals surface area contributed by atoms with Crippen LogP contribution >= 0.6 is 0 Å². The Morgan fingerprint density at radius 1 is 0.500 bits per heavy atom. The van der Waals surface area contributed by atoms with E-state index in [1.807, 2.05) is 0 Å². The average Bonchev–Trinajstić information content (AvgIpc) is 2.59. The van der Waals surface area contributed by atoms with Crippen LogP contribution in [0.25, 0.3) is 0 Å². The first-order chi connectivity index (χ1) is 11.8. The van der Waals surface area contributed by atoms with Crippen molar-refractivity contribution in [2.75, 3.05) is 0 Å². The highest BCUT2D eigenvalue weighted by molar-refractivity contribution is 4.99. The van der Waals surface area contributed by atoms with Crippen molar-refractivity contribution in [1.82, 2.24) is 0 Å². The van der Waals surface area contributed by atoms with Gasteiger partial charge in [-0.05, 0) is 25.2 Å². The molecule has 0 saturated carbocycles. The Balaban J connectivity index is 3.37. The van der Waals surface area contributed by atoms with Crippen molar-refractivity contribution in [2.24, 2.45) is 5.92 Å². The number of unbranched alkanes of at least 4 members (excludes halogenated alkanes) is 12. The Morgan fingerprint density at radius 3 is 1.58 bits per heavy atom. The fraction of sp³-hybridized carbons (Fsp3) is 0.917. The lowest BCUT2D eigenvalue weighted by atomic mass is 9.94. The fourth-order valence-electron chi connectivity index (χ4n) is 3.43. The second kappa shape index (κ2) is 20.6. The van der Waals surface area contributed by atoms with Crippen LogP contribution in [0.1, 0.15) is 136 Å². The summed E-state index contributed by atoms with van der Waals surface area (Å²) in [7, 11) is 0. The Hall–Kier alpha value is -0.440. The van der Waals surface area contributed by atoms with Gasteiger partial charge < -0.3 is 0 Å². The van der Waals surface area contributed by atoms with Crippen molar-refractivity contribution in [1.29, 1.82) is 0 Å². The van der Waals surface area contributed by atoms with Crippen molar-refractivity contribution in [2.45, 2.75) is 136 Å². The van der Waals surface area contributed by atoms with Gasteiger partial charge in [0.15, 0.2) is 0 Å². The second-order valence-corrected chi connectivity index (χ2v) is 7.64. The Labute approximate surface area is 154 Å². The first-order valence-corrected chi connectivity index (χ1v) is 11.3. The molecule has 0 aliphatic rings. The molecule has 142 valence electrons. The zero-order valence-corrected chi connectivity index (χ0v) is 17.3. The largest absolute Gasteiger partial charge is 0.103 e. The van der Waals surface area contributed by atoms with Crippen LogP contribution < -0.4 is 0 Å². The van der Waals surface area contributed by atoms with Gasteiger partial charge in [-0.1, -0.05) is 104 Å². The average molecular weight is 335 g/mol. The number of hydrogen-bond donors (Lipinski definition) is 0. The number of rotatable bonds is 17. The topological polar surface area (TPSA) is 0 Å². The predicted molar refractivity (Wildman–Crippen MR) is 111 cm³/mol. The highest BCUT2D eigenvalue weighted by Crippen LogP contribution is 2.18. The van der Waals surface area contributed by atoms with E-state index in [4.69, 9.17) is 0 Å². The molecule has 0 saturated heterocycles. The van der Waals surface area contributed by atoms with E-state index >= 15 is 0 Å². The third-order valence-corrected chi connectivity index (χ3v) is 5.08. The first-order valence-electron chi connectivity index (χ1n) is 11.3. The fourth-order valence-corrected chi connectivity index (χ4v) is 3.43. The summed E-state index contributed by atoms with van der Waals surface area (Å²) in [5.74, 6) is 7.76. The third kappa shape index (κ3) is 17.9. The van der Waals surface area contributed by atoms with Gasteiger partial charge in [0.25, 0.3) is 0 Å². The SMILES string of the molecule is CCCCCCCCCCCCCC#CCC(CCC)CCCC. The molecule has 0 nitrogen and oxygen atoms in total. The molecule has 0 N–H and O–H groups in total. The van der Waals surface area contributed by atoms with Crippen LogP contribution in [-0.4, -0.2) is 0 Å². The van der Waals surface area contributed by atoms with E-state index in [1.165, 1.54) is 103 Å². The van der Waals surface area contributed by atoms with Crippen molar-refractivity contribution in [3.05, 3.63) is 0 Å². The lowest BCUT2D eigenvalue weighted by Crippen LogP contribution is -1.98. The summed E-state index contributed by atoms with van der Waals surface area (Å²) in [5, 5.41) is 0. The molecule has 24 heavy (non-hydrogen) atoms. The molecule has 0 rings (SSSR count). The van der Waals surface area contributed by atoms with Crippen LogP contribution in [0.2, 0.25) is 0 Å². The molecule has 0 bridgehead atoms. The third-order valence-electron chi connectivity index (χ3n) is 5.08. The van der Waals surface area contributed by atoms with Gasteiger partial charge in [-0.2, -0.15) is 0 Å². The molecule has 1 unspecified atom stereocenters. The maximum absolute atomic E-state index is 3.46. The molecule has 0 amide bonds. The van der Waals surface area contributed by atoms with Crippen molar-refractivity contribution in [3.8, 4) is 11.8 Å². The molecule has 0 heteroatoms. The van der Waals surface area contributed by atoms with Crippen LogP contribution in [0, 0.1) is 17.8 Å². The molecule has 0 aliphatic carbocycles. The summed E-state index contributed by atoms with van der Waals surface area (Å²) < 4.78 is 0. The normalized spacial score (nSPS) is 12.0. The van der Waals surface area contributed by atoms with Gasteiger partial charge in [0.1, 0.15) is 0 Å². The van der Waals surface area contributed by atoms with Gasteiger partial charge in [-0.3, -0.25) is 0 Å². The quantitative estimate of drug-likeness (QED) is 0.184. The first kappa shape index (κ1) is 23.6. The molecule has 0 heterocycles. The molecule has 0 aromatic rings. The Morgan fingerprint density at radius 2 is 1.04 bits per heavy atom. The van der Waals surface area contributed by atoms with Crippen LogP contribution in [0.5, 0.6) is 0 Å². The molecular formula is C24H46. The van der Waals surface area contributed by atoms with Gasteiger partial charge in [0.2, 0.25) is 0 Å². The Kier molecular flexibility index (Phi) is 20.2. The van der Waals surface area contributed by atoms with E-state index in [9.17, 15) is 0 Å². The van der Waals surface area contributed by atoms with Crippen molar-refractivity contribution >= 4 is 0 Å². The summed E-state index contributed by atoms with van der Waals surface area (Å²) in [6.45, 7) is 6.89. The second-order valence-electron chi connectivity index (χ2n) is 7.64. The summed E-state index contributed by atoms with van der Waals surface area (Å²) in [5.41, 5.74) is 0. The maximum Gasteiger partial charge on any atom is 0.0117 e. The molecule has 0 fully saturated rings. The van der Waals surface area contributed by atoms with Crippen LogP contribution in [0.15, 0.2) is 0 Å². The summed E-state index contributed by atoms with van der Waals surface area (Å²) in [6.07, 6.45) is 24.7. The molecule has 0 spiro atoms. The standard InChI is InChI=1S/C24H46/c1-4-7-9-10-11-12-13-14-15-16-17-18-19-20-23-24(21-6-3)22-8-5-2/h24H,4-18,21-23H2,1-3H3. The van der Waals surface area contributed by atoms with Crippen molar-refractivity contribution < 1.29 is 0 Å². The van der Waals surface area contributed by atoms with Gasteiger partial charge in [0, 0.05) is 12.8 Å². The van der Waals surface area contributed by atoms with E-state index in [0.29, 0.717) is 0 Å².